The van der Waals surface area contributed by atoms with Crippen molar-refractivity contribution in [2.75, 3.05) is 19.0 Å². The minimum absolute atomic E-state index is 0.393. The van der Waals surface area contributed by atoms with E-state index in [4.69, 9.17) is 9.47 Å². The summed E-state index contributed by atoms with van der Waals surface area (Å²) >= 11 is 1.64. The van der Waals surface area contributed by atoms with Gasteiger partial charge in [0.15, 0.2) is 6.61 Å². The van der Waals surface area contributed by atoms with Gasteiger partial charge in [0.25, 0.3) is 5.91 Å². The molecule has 9 heteroatoms. The predicted molar refractivity (Wildman–Crippen MR) is 118 cm³/mol. The van der Waals surface area contributed by atoms with Gasteiger partial charge in [0, 0.05) is 22.0 Å². The van der Waals surface area contributed by atoms with Crippen molar-refractivity contribution < 1.29 is 23.9 Å². The molecule has 0 saturated carbocycles. The molecule has 8 nitrogen and oxygen atoms in total. The summed E-state index contributed by atoms with van der Waals surface area (Å²) in [4.78, 5) is 37.5. The number of methoxy groups -OCH3 is 1. The van der Waals surface area contributed by atoms with Gasteiger partial charge in [0.2, 0.25) is 0 Å². The molecule has 0 aliphatic rings. The Hall–Kier alpha value is -3.59. The fourth-order valence-electron chi connectivity index (χ4n) is 3.02. The topological polar surface area (TPSA) is 98.7 Å². The number of rotatable bonds is 7. The van der Waals surface area contributed by atoms with E-state index in [9.17, 15) is 14.4 Å². The molecule has 0 fully saturated rings. The van der Waals surface area contributed by atoms with Crippen molar-refractivity contribution in [2.24, 2.45) is 0 Å². The number of anilines is 1. The zero-order valence-electron chi connectivity index (χ0n) is 17.4. The van der Waals surface area contributed by atoms with Crippen molar-refractivity contribution in [3.05, 3.63) is 69.7 Å². The van der Waals surface area contributed by atoms with Crippen LogP contribution in [0.25, 0.3) is 0 Å². The number of nitrogens with zero attached hydrogens (tertiary/aromatic N) is 1. The molecule has 0 saturated heterocycles. The summed E-state index contributed by atoms with van der Waals surface area (Å²) < 4.78 is 12.2. The molecule has 0 spiro atoms. The molecule has 0 radical (unpaired) electrons. The molecule has 0 unspecified atom stereocenters. The van der Waals surface area contributed by atoms with Crippen LogP contribution in [0.3, 0.4) is 0 Å². The van der Waals surface area contributed by atoms with E-state index in [-0.39, 0.29) is 0 Å². The lowest BCUT2D eigenvalue weighted by atomic mass is 10.2. The molecule has 0 bridgehead atoms. The van der Waals surface area contributed by atoms with Gasteiger partial charge in [0.05, 0.1) is 19.2 Å². The lowest BCUT2D eigenvalue weighted by Crippen LogP contribution is -2.37. The van der Waals surface area contributed by atoms with Gasteiger partial charge in [-0.15, -0.1) is 11.3 Å². The highest BCUT2D eigenvalue weighted by atomic mass is 32.1. The molecule has 31 heavy (non-hydrogen) atoms. The number of thiophene rings is 1. The Morgan fingerprint density at radius 3 is 2.48 bits per heavy atom. The minimum Gasteiger partial charge on any atom is -0.497 e. The third kappa shape index (κ3) is 5.73. The first-order valence-electron chi connectivity index (χ1n) is 9.48. The second-order valence-electron chi connectivity index (χ2n) is 6.76. The molecular weight excluding hydrogens is 418 g/mol. The average molecular weight is 442 g/mol. The highest BCUT2D eigenvalue weighted by Crippen LogP contribution is 2.20. The summed E-state index contributed by atoms with van der Waals surface area (Å²) in [5.41, 5.74) is 2.56. The first-order valence-corrected chi connectivity index (χ1v) is 10.4. The van der Waals surface area contributed by atoms with E-state index < -0.39 is 24.5 Å². The van der Waals surface area contributed by atoms with Gasteiger partial charge in [0.1, 0.15) is 5.75 Å². The Balaban J connectivity index is 1.51. The number of nitrogens with one attached hydrogen (secondary N) is 2. The number of carbonyl (C=O) groups is 3. The molecule has 0 atom stereocenters. The monoisotopic (exact) mass is 441 g/mol. The molecule has 0 aliphatic heterocycles. The zero-order valence-corrected chi connectivity index (χ0v) is 18.2. The van der Waals surface area contributed by atoms with Crippen molar-refractivity contribution in [1.29, 1.82) is 0 Å². The number of hydrogen-bond donors (Lipinski definition) is 2. The Morgan fingerprint density at radius 1 is 1.10 bits per heavy atom. The second kappa shape index (κ2) is 9.94. The lowest BCUT2D eigenvalue weighted by molar-refractivity contribution is -0.123. The van der Waals surface area contributed by atoms with Crippen LogP contribution in [0, 0.1) is 13.8 Å². The van der Waals surface area contributed by atoms with Gasteiger partial charge in [-0.05, 0) is 55.6 Å². The number of esters is 1. The third-order valence-corrected chi connectivity index (χ3v) is 5.48. The summed E-state index contributed by atoms with van der Waals surface area (Å²) in [7, 11) is 1.54. The molecule has 3 amide bonds. The summed E-state index contributed by atoms with van der Waals surface area (Å²) in [6.45, 7) is 3.84. The molecule has 1 aromatic carbocycles. The summed E-state index contributed by atoms with van der Waals surface area (Å²) in [6, 6.07) is 11.6. The Bertz CT molecular complexity index is 1070. The maximum absolute atomic E-state index is 12.4. The van der Waals surface area contributed by atoms with Crippen molar-refractivity contribution in [3.63, 3.8) is 0 Å². The number of urea groups is 1. The normalized spacial score (nSPS) is 10.4. The third-order valence-electron chi connectivity index (χ3n) is 4.62. The molecule has 0 aliphatic carbocycles. The SMILES string of the molecule is COc1ccc(NC(=O)NC(=O)COC(=O)c2cc(C)n(Cc3cccs3)c2C)cc1. The molecule has 2 N–H and O–H groups in total. The van der Waals surface area contributed by atoms with Gasteiger partial charge in [-0.3, -0.25) is 10.1 Å². The van der Waals surface area contributed by atoms with Crippen LogP contribution in [-0.4, -0.2) is 36.2 Å². The van der Waals surface area contributed by atoms with Crippen LogP contribution in [0.5, 0.6) is 5.75 Å². The number of benzene rings is 1. The number of hydrogen-bond acceptors (Lipinski definition) is 6. The zero-order chi connectivity index (χ0) is 22.4. The van der Waals surface area contributed by atoms with Crippen LogP contribution >= 0.6 is 11.3 Å². The first-order chi connectivity index (χ1) is 14.9. The summed E-state index contributed by atoms with van der Waals surface area (Å²) in [5.74, 6) is -0.702. The molecule has 3 rings (SSSR count). The number of carbonyl (C=O) groups excluding carboxylic acids is 3. The maximum Gasteiger partial charge on any atom is 0.340 e. The van der Waals surface area contributed by atoms with E-state index in [0.29, 0.717) is 23.5 Å². The predicted octanol–water partition coefficient (Wildman–Crippen LogP) is 3.73. The van der Waals surface area contributed by atoms with Gasteiger partial charge >= 0.3 is 12.0 Å². The highest BCUT2D eigenvalue weighted by Gasteiger charge is 2.19. The van der Waals surface area contributed by atoms with Gasteiger partial charge in [-0.25, -0.2) is 9.59 Å². The van der Waals surface area contributed by atoms with E-state index >= 15 is 0 Å². The van der Waals surface area contributed by atoms with Gasteiger partial charge in [-0.2, -0.15) is 0 Å². The lowest BCUT2D eigenvalue weighted by Gasteiger charge is -2.09. The van der Waals surface area contributed by atoms with E-state index in [1.54, 1.807) is 41.7 Å². The molecule has 162 valence electrons. The van der Waals surface area contributed by atoms with E-state index in [1.165, 1.54) is 12.0 Å². The number of imide groups is 1. The van der Waals surface area contributed by atoms with E-state index in [0.717, 1.165) is 11.4 Å². The molecular formula is C22H23N3O5S. The van der Waals surface area contributed by atoms with Crippen molar-refractivity contribution in [2.45, 2.75) is 20.4 Å². The number of amides is 3. The van der Waals surface area contributed by atoms with Crippen molar-refractivity contribution >= 4 is 34.9 Å². The molecule has 3 aromatic rings. The minimum atomic E-state index is -0.730. The summed E-state index contributed by atoms with van der Waals surface area (Å²) in [6.07, 6.45) is 0. The first kappa shape index (κ1) is 22.1. The Labute approximate surface area is 183 Å². The van der Waals surface area contributed by atoms with Crippen LogP contribution in [-0.2, 0) is 16.1 Å². The smallest absolute Gasteiger partial charge is 0.340 e. The Morgan fingerprint density at radius 2 is 1.84 bits per heavy atom. The van der Waals surface area contributed by atoms with Gasteiger partial charge < -0.3 is 19.4 Å². The van der Waals surface area contributed by atoms with Crippen molar-refractivity contribution in [1.82, 2.24) is 9.88 Å². The molecule has 2 heterocycles. The average Bonchev–Trinajstić information content (AvgIpc) is 3.36. The van der Waals surface area contributed by atoms with Crippen molar-refractivity contribution in [3.8, 4) is 5.75 Å². The van der Waals surface area contributed by atoms with E-state index in [1.807, 2.05) is 35.9 Å². The van der Waals surface area contributed by atoms with Crippen LogP contribution in [0.1, 0.15) is 26.6 Å². The largest absolute Gasteiger partial charge is 0.497 e. The quantitative estimate of drug-likeness (QED) is 0.545. The fraction of sp³-hybridized carbons (Fsp3) is 0.227. The Kier molecular flexibility index (Phi) is 7.09. The second-order valence-corrected chi connectivity index (χ2v) is 7.79. The maximum atomic E-state index is 12.4. The fourth-order valence-corrected chi connectivity index (χ4v) is 3.71. The standard InChI is InChI=1S/C22H23N3O5S/c1-14-11-19(15(2)25(14)12-18-5-4-10-31-18)21(27)30-13-20(26)24-22(28)23-16-6-8-17(29-3)9-7-16/h4-11H,12-13H2,1-3H3,(H2,23,24,26,28). The number of ether oxygens (including phenoxy) is 2. The molecule has 2 aromatic heterocycles. The van der Waals surface area contributed by atoms with Crippen LogP contribution in [0.15, 0.2) is 47.8 Å². The number of aromatic nitrogens is 1. The van der Waals surface area contributed by atoms with Gasteiger partial charge in [-0.1, -0.05) is 6.07 Å². The number of aryl methyl sites for hydroxylation is 1. The van der Waals surface area contributed by atoms with E-state index in [2.05, 4.69) is 10.6 Å². The summed E-state index contributed by atoms with van der Waals surface area (Å²) in [5, 5.41) is 6.64. The highest BCUT2D eigenvalue weighted by molar-refractivity contribution is 7.09. The van der Waals surface area contributed by atoms with Crippen LogP contribution in [0.2, 0.25) is 0 Å². The van der Waals surface area contributed by atoms with Crippen LogP contribution < -0.4 is 15.4 Å². The van der Waals surface area contributed by atoms with Crippen LogP contribution in [0.4, 0.5) is 10.5 Å².